The van der Waals surface area contributed by atoms with Gasteiger partial charge in [-0.1, -0.05) is 36.1 Å². The van der Waals surface area contributed by atoms with Gasteiger partial charge in [-0.2, -0.15) is 0 Å². The molecule has 2 heterocycles. The van der Waals surface area contributed by atoms with E-state index in [1.807, 2.05) is 19.1 Å². The molecule has 0 bridgehead atoms. The van der Waals surface area contributed by atoms with E-state index in [1.165, 1.54) is 15.9 Å². The number of aromatic nitrogens is 1. The van der Waals surface area contributed by atoms with Crippen molar-refractivity contribution in [3.63, 3.8) is 0 Å². The summed E-state index contributed by atoms with van der Waals surface area (Å²) in [4.78, 5) is 32.2. The van der Waals surface area contributed by atoms with Crippen molar-refractivity contribution >= 4 is 23.4 Å². The number of rotatable bonds is 11. The number of hydrogen-bond donors (Lipinski definition) is 0. The summed E-state index contributed by atoms with van der Waals surface area (Å²) in [6.07, 6.45) is 3.41. The van der Waals surface area contributed by atoms with Crippen LogP contribution in [0.15, 0.2) is 70.1 Å². The third kappa shape index (κ3) is 5.67. The largest absolute Gasteiger partial charge is 0.493 e. The quantitative estimate of drug-likeness (QED) is 0.258. The average Bonchev–Trinajstić information content (AvgIpc) is 3.25. The molecule has 0 saturated carbocycles. The molecule has 40 heavy (non-hydrogen) atoms. The molecule has 0 amide bonds. The van der Waals surface area contributed by atoms with E-state index in [-0.39, 0.29) is 17.7 Å². The molecule has 2 aromatic carbocycles. The SMILES string of the molecule is C=CCOc1ccc([C@@H]2C(C(=O)OCC)=C(C)N=c3s/c(=C/c4ccc(OC)c(OC)c4)c(=O)n32)cc1OCC. The van der Waals surface area contributed by atoms with Crippen LogP contribution in [0.1, 0.15) is 37.9 Å². The third-order valence-electron chi connectivity index (χ3n) is 6.16. The number of carbonyl (C=O) groups excluding carboxylic acids is 1. The van der Waals surface area contributed by atoms with Crippen LogP contribution in [0.25, 0.3) is 6.08 Å². The molecule has 1 aliphatic rings. The molecule has 0 saturated heterocycles. The molecule has 0 spiro atoms. The van der Waals surface area contributed by atoms with Crippen molar-refractivity contribution in [3.05, 3.63) is 91.1 Å². The minimum absolute atomic E-state index is 0.185. The molecule has 4 rings (SSSR count). The van der Waals surface area contributed by atoms with E-state index in [0.717, 1.165) is 5.56 Å². The van der Waals surface area contributed by atoms with Gasteiger partial charge in [0, 0.05) is 0 Å². The smallest absolute Gasteiger partial charge is 0.338 e. The number of nitrogens with zero attached hydrogens (tertiary/aromatic N) is 2. The standard InChI is InChI=1S/C30H32N2O7S/c1-7-14-39-22-13-11-20(17-24(22)37-8-2)27-26(29(34)38-9-3)18(4)31-30-32(27)28(33)25(40-30)16-19-10-12-21(35-5)23(15-19)36-6/h7,10-13,15-17,27H,1,8-9,14H2,2-6H3/b25-16+/t27-/m1/s1. The number of benzene rings is 2. The minimum Gasteiger partial charge on any atom is -0.493 e. The summed E-state index contributed by atoms with van der Waals surface area (Å²) in [5.74, 6) is 1.62. The summed E-state index contributed by atoms with van der Waals surface area (Å²) in [5, 5.41) is 0. The zero-order chi connectivity index (χ0) is 28.8. The first-order valence-electron chi connectivity index (χ1n) is 12.8. The molecule has 1 aromatic heterocycles. The maximum Gasteiger partial charge on any atom is 0.338 e. The van der Waals surface area contributed by atoms with Crippen LogP contribution in [0, 0.1) is 0 Å². The van der Waals surface area contributed by atoms with Crippen molar-refractivity contribution in [1.82, 2.24) is 4.57 Å². The average molecular weight is 565 g/mol. The summed E-state index contributed by atoms with van der Waals surface area (Å²) in [6.45, 7) is 9.94. The third-order valence-corrected chi connectivity index (χ3v) is 7.15. The van der Waals surface area contributed by atoms with Crippen molar-refractivity contribution in [1.29, 1.82) is 0 Å². The number of esters is 1. The van der Waals surface area contributed by atoms with Crippen LogP contribution in [0.5, 0.6) is 23.0 Å². The van der Waals surface area contributed by atoms with Gasteiger partial charge in [-0.25, -0.2) is 9.79 Å². The maximum atomic E-state index is 13.9. The lowest BCUT2D eigenvalue weighted by molar-refractivity contribution is -0.139. The van der Waals surface area contributed by atoms with Gasteiger partial charge in [0.1, 0.15) is 6.61 Å². The highest BCUT2D eigenvalue weighted by atomic mass is 32.1. The van der Waals surface area contributed by atoms with Gasteiger partial charge in [0.25, 0.3) is 5.56 Å². The van der Waals surface area contributed by atoms with Crippen molar-refractivity contribution < 1.29 is 28.5 Å². The Kier molecular flexibility index (Phi) is 9.11. The van der Waals surface area contributed by atoms with Crippen LogP contribution in [0.4, 0.5) is 0 Å². The molecule has 9 nitrogen and oxygen atoms in total. The first-order chi connectivity index (χ1) is 19.4. The normalized spacial score (nSPS) is 14.7. The van der Waals surface area contributed by atoms with Crippen LogP contribution in [-0.4, -0.2) is 44.6 Å². The van der Waals surface area contributed by atoms with Crippen LogP contribution in [0.3, 0.4) is 0 Å². The molecule has 0 aliphatic carbocycles. The van der Waals surface area contributed by atoms with E-state index in [2.05, 4.69) is 11.6 Å². The molecule has 0 N–H and O–H groups in total. The fourth-order valence-electron chi connectivity index (χ4n) is 4.43. The van der Waals surface area contributed by atoms with Gasteiger partial charge in [-0.3, -0.25) is 9.36 Å². The molecule has 210 valence electrons. The first kappa shape index (κ1) is 28.7. The molecular weight excluding hydrogens is 532 g/mol. The second kappa shape index (κ2) is 12.7. The lowest BCUT2D eigenvalue weighted by Gasteiger charge is -2.25. The van der Waals surface area contributed by atoms with E-state index in [4.69, 9.17) is 23.7 Å². The Balaban J connectivity index is 1.92. The van der Waals surface area contributed by atoms with E-state index < -0.39 is 12.0 Å². The highest BCUT2D eigenvalue weighted by molar-refractivity contribution is 7.07. The Morgan fingerprint density at radius 3 is 2.45 bits per heavy atom. The fraction of sp³-hybridized carbons (Fsp3) is 0.300. The molecule has 0 unspecified atom stereocenters. The molecular formula is C30H32N2O7S. The zero-order valence-electron chi connectivity index (χ0n) is 23.2. The predicted octanol–water partition coefficient (Wildman–Crippen LogP) is 3.78. The number of ether oxygens (including phenoxy) is 5. The number of thiazole rings is 1. The van der Waals surface area contributed by atoms with Gasteiger partial charge in [-0.15, -0.1) is 0 Å². The van der Waals surface area contributed by atoms with Gasteiger partial charge < -0.3 is 23.7 Å². The predicted molar refractivity (Wildman–Crippen MR) is 153 cm³/mol. The Morgan fingerprint density at radius 2 is 1.77 bits per heavy atom. The summed E-state index contributed by atoms with van der Waals surface area (Å²) in [5.41, 5.74) is 1.89. The van der Waals surface area contributed by atoms with Crippen LogP contribution >= 0.6 is 11.3 Å². The van der Waals surface area contributed by atoms with Gasteiger partial charge in [0.15, 0.2) is 27.8 Å². The summed E-state index contributed by atoms with van der Waals surface area (Å²) >= 11 is 1.24. The minimum atomic E-state index is -0.782. The Labute approximate surface area is 236 Å². The maximum absolute atomic E-state index is 13.9. The van der Waals surface area contributed by atoms with Crippen molar-refractivity contribution in [2.75, 3.05) is 34.0 Å². The summed E-state index contributed by atoms with van der Waals surface area (Å²) < 4.78 is 29.7. The molecule has 1 aliphatic heterocycles. The summed E-state index contributed by atoms with van der Waals surface area (Å²) in [7, 11) is 3.12. The molecule has 1 atom stereocenters. The van der Waals surface area contributed by atoms with Crippen LogP contribution in [0.2, 0.25) is 0 Å². The lowest BCUT2D eigenvalue weighted by atomic mass is 9.95. The second-order valence-corrected chi connectivity index (χ2v) is 9.66. The molecule has 0 fully saturated rings. The Bertz CT molecular complexity index is 1630. The number of carbonyl (C=O) groups is 1. The highest BCUT2D eigenvalue weighted by Gasteiger charge is 2.34. The monoisotopic (exact) mass is 564 g/mol. The van der Waals surface area contributed by atoms with E-state index >= 15 is 0 Å². The number of fused-ring (bicyclic) bond motifs is 1. The van der Waals surface area contributed by atoms with Crippen molar-refractivity contribution in [3.8, 4) is 23.0 Å². The van der Waals surface area contributed by atoms with Gasteiger partial charge in [-0.05, 0) is 62.2 Å². The van der Waals surface area contributed by atoms with Gasteiger partial charge >= 0.3 is 5.97 Å². The first-order valence-corrected chi connectivity index (χ1v) is 13.6. The topological polar surface area (TPSA) is 97.6 Å². The lowest BCUT2D eigenvalue weighted by Crippen LogP contribution is -2.40. The molecule has 10 heteroatoms. The second-order valence-electron chi connectivity index (χ2n) is 8.66. The van der Waals surface area contributed by atoms with E-state index in [1.54, 1.807) is 64.5 Å². The van der Waals surface area contributed by atoms with Crippen LogP contribution < -0.4 is 33.8 Å². The van der Waals surface area contributed by atoms with E-state index in [9.17, 15) is 9.59 Å². The molecule has 0 radical (unpaired) electrons. The van der Waals surface area contributed by atoms with E-state index in [0.29, 0.717) is 56.8 Å². The Hall–Kier alpha value is -4.31. The molecule has 3 aromatic rings. The Morgan fingerprint density at radius 1 is 1.02 bits per heavy atom. The van der Waals surface area contributed by atoms with Crippen LogP contribution in [-0.2, 0) is 9.53 Å². The zero-order valence-corrected chi connectivity index (χ0v) is 24.0. The number of methoxy groups -OCH3 is 2. The van der Waals surface area contributed by atoms with Crippen molar-refractivity contribution in [2.45, 2.75) is 26.8 Å². The fourth-order valence-corrected chi connectivity index (χ4v) is 5.48. The number of hydrogen-bond acceptors (Lipinski definition) is 9. The van der Waals surface area contributed by atoms with Gasteiger partial charge in [0.05, 0.1) is 49.3 Å². The van der Waals surface area contributed by atoms with Crippen molar-refractivity contribution in [2.24, 2.45) is 4.99 Å². The highest BCUT2D eigenvalue weighted by Crippen LogP contribution is 2.36. The van der Waals surface area contributed by atoms with Gasteiger partial charge in [0.2, 0.25) is 0 Å². The summed E-state index contributed by atoms with van der Waals surface area (Å²) in [6, 6.07) is 9.99. The number of allylic oxidation sites excluding steroid dienone is 1.